The topological polar surface area (TPSA) is 0 Å². The summed E-state index contributed by atoms with van der Waals surface area (Å²) in [5, 5.41) is 0. The molecule has 0 aliphatic carbocycles. The molecule has 0 rings (SSSR count). The Morgan fingerprint density at radius 2 is 0.134 bits per heavy atom. The average molecular weight is 1170 g/mol. The van der Waals surface area contributed by atoms with Gasteiger partial charge >= 0.3 is 0 Å². The molecule has 0 aliphatic rings. The van der Waals surface area contributed by atoms with E-state index in [0.29, 0.717) is 0 Å². The second-order valence-corrected chi connectivity index (χ2v) is 12.0. The summed E-state index contributed by atoms with van der Waals surface area (Å²) in [4.78, 5) is 0. The lowest BCUT2D eigenvalue weighted by molar-refractivity contribution is 1.92. The Bertz CT molecular complexity index is 6820. The second kappa shape index (κ2) is 74.9. The van der Waals surface area contributed by atoms with Gasteiger partial charge in [-0.1, -0.05) is 5.92 Å². The van der Waals surface area contributed by atoms with E-state index >= 15 is 0 Å². The van der Waals surface area contributed by atoms with E-state index in [2.05, 4.69) is 562 Å². The Kier molecular flexibility index (Phi) is 58.6. The van der Waals surface area contributed by atoms with Crippen molar-refractivity contribution in [3.63, 3.8) is 0 Å². The molecule has 0 aromatic rings. The van der Waals surface area contributed by atoms with Crippen LogP contribution in [0.2, 0.25) is 0 Å². The summed E-state index contributed by atoms with van der Waals surface area (Å²) >= 11 is 0. The van der Waals surface area contributed by atoms with Gasteiger partial charge in [0, 0.05) is 462 Å². The minimum absolute atomic E-state index is 1.68. The first-order valence-corrected chi connectivity index (χ1v) is 24.3. The van der Waals surface area contributed by atoms with Crippen molar-refractivity contribution in [2.45, 2.75) is 6.92 Å². The van der Waals surface area contributed by atoms with Crippen LogP contribution in [0.1, 0.15) is 6.92 Å². The Morgan fingerprint density at radius 3 is 0.186 bits per heavy atom. The monoisotopic (exact) mass is 1170 g/mol. The van der Waals surface area contributed by atoms with Crippen LogP contribution in [0.4, 0.5) is 0 Å². The SMILES string of the molecule is C#CC#CC#CC#CC#CC#CC#CC#CC#CC#CC#CC#CC#CC#CC#CC#CC#CC#CC#CC#CC#CC#CC#CC#CC#CC#CC#CC#CC#CC#CC#CC#CC#CC#CC#CC#CC#CC#CC#CC#CC#CC#CC#CC#CC#CC#CC#CC#CC. The summed E-state index contributed by atoms with van der Waals surface area (Å²) in [6.45, 7) is 1.68. The third kappa shape index (κ3) is 74.9. The van der Waals surface area contributed by atoms with Crippen molar-refractivity contribution in [3.05, 3.63) is 0 Å². The van der Waals surface area contributed by atoms with Crippen LogP contribution in [0, 0.1) is 569 Å². The predicted molar refractivity (Wildman–Crippen MR) is 380 cm³/mol. The molecule has 97 heavy (non-hydrogen) atoms. The fourth-order valence-electron chi connectivity index (χ4n) is 2.94. The molecule has 0 fully saturated rings. The molecule has 0 unspecified atom stereocenters. The summed E-state index contributed by atoms with van der Waals surface area (Å²) in [6.07, 6.45) is 4.95. The molecular weight excluding hydrogens is 1170 g/mol. The number of hydrogen-bond acceptors (Lipinski definition) is 0. The Labute approximate surface area is 572 Å². The minimum Gasteiger partial charge on any atom is -0.106 e. The van der Waals surface area contributed by atoms with Crippen LogP contribution in [0.5, 0.6) is 0 Å². The van der Waals surface area contributed by atoms with Crippen molar-refractivity contribution >= 4 is 0 Å². The molecule has 0 aromatic carbocycles. The average Bonchev–Trinajstić information content (AvgIpc) is 3.61. The van der Waals surface area contributed by atoms with Crippen molar-refractivity contribution in [2.75, 3.05) is 0 Å². The van der Waals surface area contributed by atoms with Crippen molar-refractivity contribution in [3.8, 4) is 569 Å². The molecule has 0 aliphatic heterocycles. The molecule has 392 valence electrons. The number of rotatable bonds is 0. The van der Waals surface area contributed by atoms with E-state index in [-0.39, 0.29) is 0 Å². The highest BCUT2D eigenvalue weighted by Crippen LogP contribution is 1.67. The molecule has 0 nitrogen and oxygen atoms in total. The molecule has 0 spiro atoms. The van der Waals surface area contributed by atoms with Crippen LogP contribution >= 0.6 is 0 Å². The van der Waals surface area contributed by atoms with E-state index in [9.17, 15) is 0 Å². The third-order valence-corrected chi connectivity index (χ3v) is 5.95. The van der Waals surface area contributed by atoms with Crippen molar-refractivity contribution in [1.82, 2.24) is 0 Å². The smallest absolute Gasteiger partial charge is 0 e. The summed E-state index contributed by atoms with van der Waals surface area (Å²) in [7, 11) is 0. The van der Waals surface area contributed by atoms with Crippen LogP contribution in [-0.4, -0.2) is 0 Å². The molecule has 0 saturated heterocycles. The van der Waals surface area contributed by atoms with Gasteiger partial charge in [0.2, 0.25) is 0 Å². The fraction of sp³-hybridized carbons (Fsp3) is 0.0103. The quantitative estimate of drug-likeness (QED) is 0.316. The van der Waals surface area contributed by atoms with Crippen LogP contribution in [-0.2, 0) is 0 Å². The van der Waals surface area contributed by atoms with E-state index in [0.717, 1.165) is 0 Å². The molecule has 0 radical (unpaired) electrons. The molecule has 0 atom stereocenters. The van der Waals surface area contributed by atoms with E-state index in [1.54, 1.807) is 6.92 Å². The molecule has 0 heteroatoms. The maximum Gasteiger partial charge on any atom is 0 e. The molecule has 0 bridgehead atoms. The summed E-state index contributed by atoms with van der Waals surface area (Å²) in [5.41, 5.74) is 0. The highest BCUT2D eigenvalue weighted by molar-refractivity contribution is 5.55. The van der Waals surface area contributed by atoms with Gasteiger partial charge in [0.25, 0.3) is 0 Å². The van der Waals surface area contributed by atoms with E-state index in [4.69, 9.17) is 6.42 Å². The third-order valence-electron chi connectivity index (χ3n) is 5.95. The fourth-order valence-corrected chi connectivity index (χ4v) is 2.94. The van der Waals surface area contributed by atoms with Crippen molar-refractivity contribution in [1.29, 1.82) is 0 Å². The van der Waals surface area contributed by atoms with Gasteiger partial charge in [0.1, 0.15) is 0 Å². The van der Waals surface area contributed by atoms with Crippen molar-refractivity contribution in [2.24, 2.45) is 0 Å². The zero-order valence-corrected chi connectivity index (χ0v) is 49.1. The lowest BCUT2D eigenvalue weighted by Gasteiger charge is -1.58. The largest absolute Gasteiger partial charge is 0.106 e. The maximum absolute atomic E-state index is 4.95. The van der Waals surface area contributed by atoms with E-state index < -0.39 is 0 Å². The first kappa shape index (κ1) is 75.9. The first-order chi connectivity index (χ1) is 48.4. The van der Waals surface area contributed by atoms with Crippen LogP contribution in [0.25, 0.3) is 0 Å². The Morgan fingerprint density at radius 1 is 0.0825 bits per heavy atom. The molecule has 0 amide bonds. The minimum atomic E-state index is 1.68. The maximum atomic E-state index is 4.95. The molecule has 0 saturated carbocycles. The highest BCUT2D eigenvalue weighted by Gasteiger charge is 1.67. The van der Waals surface area contributed by atoms with E-state index in [1.165, 1.54) is 0 Å². The van der Waals surface area contributed by atoms with Crippen molar-refractivity contribution < 1.29 is 0 Å². The van der Waals surface area contributed by atoms with Gasteiger partial charge in [-0.05, 0) is 102 Å². The Hall–Kier alpha value is -21.1. The first-order valence-electron chi connectivity index (χ1n) is 24.3. The summed E-state index contributed by atoms with van der Waals surface area (Å²) in [6, 6.07) is 0. The summed E-state index contributed by atoms with van der Waals surface area (Å²) < 4.78 is 0. The lowest BCUT2D eigenvalue weighted by Crippen LogP contribution is -1.57. The van der Waals surface area contributed by atoms with Gasteiger partial charge in [0.15, 0.2) is 0 Å². The predicted octanol–water partition coefficient (Wildman–Crippen LogP) is 0.799. The second-order valence-electron chi connectivity index (χ2n) is 12.0. The van der Waals surface area contributed by atoms with E-state index in [1.807, 2.05) is 0 Å². The standard InChI is InChI=1S/C97H4/c1-3-5-7-9-11-13-15-17-19-21-23-25-27-29-31-33-35-37-39-41-43-45-47-49-51-53-55-57-59-61-63-65-67-69-71-73-75-77-79-81-83-85-87-89-91-93-95-97-96-94-92-90-88-86-84-82-80-78-76-74-72-70-68-66-64-62-60-58-56-54-52-50-48-46-44-42-40-38-36-34-32-30-28-26-24-22-20-18-16-14-12-10-8-6-4-2/h1H,2H3. The van der Waals surface area contributed by atoms with Gasteiger partial charge in [0.05, 0.1) is 0 Å². The van der Waals surface area contributed by atoms with Crippen LogP contribution in [0.15, 0.2) is 0 Å². The van der Waals surface area contributed by atoms with Gasteiger partial charge in [-0.15, -0.1) is 6.42 Å². The van der Waals surface area contributed by atoms with Gasteiger partial charge in [-0.2, -0.15) is 0 Å². The molecule has 0 N–H and O–H groups in total. The number of terminal acetylenes is 1. The van der Waals surface area contributed by atoms with Crippen LogP contribution < -0.4 is 0 Å². The molecule has 0 heterocycles. The van der Waals surface area contributed by atoms with Crippen LogP contribution in [0.3, 0.4) is 0 Å². The van der Waals surface area contributed by atoms with Gasteiger partial charge in [-0.3, -0.25) is 0 Å². The van der Waals surface area contributed by atoms with Gasteiger partial charge in [-0.25, -0.2) is 0 Å². The normalized spacial score (nSPS) is 3.96. The molecular formula is C97H4. The van der Waals surface area contributed by atoms with Gasteiger partial charge < -0.3 is 0 Å². The highest BCUT2D eigenvalue weighted by atomic mass is 13.7. The lowest BCUT2D eigenvalue weighted by atomic mass is 10.4. The summed E-state index contributed by atoms with van der Waals surface area (Å²) in [5.74, 6) is 237. The zero-order chi connectivity index (χ0) is 69.2. The molecule has 0 aromatic heterocycles. The zero-order valence-electron chi connectivity index (χ0n) is 49.1. The Balaban J connectivity index is 4.63. The number of hydrogen-bond donors (Lipinski definition) is 0.